The quantitative estimate of drug-likeness (QED) is 0.245. The standard InChI is InChI=1S/C17H25N3O2S.HI/c1-18-17(19-12-13-4-6-15(23-3)7-5-13)20-10-8-14(9-11-20)16(21)22-2;/h4-7,14H,8-12H2,1-3H3,(H,18,19);1H. The first kappa shape index (κ1) is 21.1. The maximum absolute atomic E-state index is 11.6. The van der Waals surface area contributed by atoms with Gasteiger partial charge in [-0.25, -0.2) is 0 Å². The second kappa shape index (κ2) is 10.8. The van der Waals surface area contributed by atoms with Gasteiger partial charge in [-0.05, 0) is 36.8 Å². The number of likely N-dealkylation sites (tertiary alicyclic amines) is 1. The molecule has 0 unspecified atom stereocenters. The number of hydrogen-bond donors (Lipinski definition) is 1. The van der Waals surface area contributed by atoms with Crippen LogP contribution in [0, 0.1) is 5.92 Å². The number of carbonyl (C=O) groups is 1. The second-order valence-corrected chi connectivity index (χ2v) is 6.41. The van der Waals surface area contributed by atoms with Crippen molar-refractivity contribution in [3.05, 3.63) is 29.8 Å². The van der Waals surface area contributed by atoms with Crippen molar-refractivity contribution in [2.75, 3.05) is 33.5 Å². The Kier molecular flexibility index (Phi) is 9.50. The molecule has 0 aromatic heterocycles. The van der Waals surface area contributed by atoms with E-state index in [1.54, 1.807) is 18.8 Å². The molecule has 1 aromatic rings. The van der Waals surface area contributed by atoms with E-state index in [1.807, 2.05) is 0 Å². The number of ether oxygens (including phenoxy) is 1. The highest BCUT2D eigenvalue weighted by Crippen LogP contribution is 2.19. The van der Waals surface area contributed by atoms with Crippen LogP contribution >= 0.6 is 35.7 Å². The minimum Gasteiger partial charge on any atom is -0.469 e. The number of aliphatic imine (C=N–C) groups is 1. The van der Waals surface area contributed by atoms with E-state index < -0.39 is 0 Å². The van der Waals surface area contributed by atoms with Crippen LogP contribution in [0.2, 0.25) is 0 Å². The van der Waals surface area contributed by atoms with Crippen LogP contribution < -0.4 is 5.32 Å². The van der Waals surface area contributed by atoms with Crippen LogP contribution in [-0.2, 0) is 16.1 Å². The number of nitrogens with zero attached hydrogens (tertiary/aromatic N) is 2. The highest BCUT2D eigenvalue weighted by atomic mass is 127. The summed E-state index contributed by atoms with van der Waals surface area (Å²) in [6.07, 6.45) is 3.71. The first-order valence-corrected chi connectivity index (χ1v) is 9.06. The minimum absolute atomic E-state index is 0. The summed E-state index contributed by atoms with van der Waals surface area (Å²) in [5.74, 6) is 0.817. The Hall–Kier alpha value is -0.960. The summed E-state index contributed by atoms with van der Waals surface area (Å²) in [5.41, 5.74) is 1.23. The van der Waals surface area contributed by atoms with Gasteiger partial charge in [-0.1, -0.05) is 12.1 Å². The molecule has 7 heteroatoms. The zero-order valence-corrected chi connectivity index (χ0v) is 17.6. The lowest BCUT2D eigenvalue weighted by Gasteiger charge is -2.33. The lowest BCUT2D eigenvalue weighted by molar-refractivity contribution is -0.146. The van der Waals surface area contributed by atoms with Crippen molar-refractivity contribution in [3.63, 3.8) is 0 Å². The van der Waals surface area contributed by atoms with Crippen LogP contribution in [0.1, 0.15) is 18.4 Å². The molecule has 0 atom stereocenters. The van der Waals surface area contributed by atoms with Crippen molar-refractivity contribution in [2.45, 2.75) is 24.3 Å². The maximum atomic E-state index is 11.6. The van der Waals surface area contributed by atoms with Gasteiger partial charge in [0.1, 0.15) is 0 Å². The number of piperidine rings is 1. The van der Waals surface area contributed by atoms with Gasteiger partial charge < -0.3 is 15.0 Å². The molecule has 0 saturated carbocycles. The fourth-order valence-electron chi connectivity index (χ4n) is 2.75. The van der Waals surface area contributed by atoms with Gasteiger partial charge in [0.25, 0.3) is 0 Å². The molecular weight excluding hydrogens is 437 g/mol. The van der Waals surface area contributed by atoms with E-state index in [-0.39, 0.29) is 35.9 Å². The van der Waals surface area contributed by atoms with Crippen molar-refractivity contribution in [1.82, 2.24) is 10.2 Å². The van der Waals surface area contributed by atoms with Gasteiger partial charge in [0.15, 0.2) is 5.96 Å². The molecule has 1 aliphatic heterocycles. The van der Waals surface area contributed by atoms with Gasteiger partial charge in [-0.2, -0.15) is 0 Å². The predicted octanol–water partition coefficient (Wildman–Crippen LogP) is 2.99. The summed E-state index contributed by atoms with van der Waals surface area (Å²) < 4.78 is 4.83. The van der Waals surface area contributed by atoms with Gasteiger partial charge >= 0.3 is 5.97 Å². The largest absolute Gasteiger partial charge is 0.469 e. The van der Waals surface area contributed by atoms with Gasteiger partial charge in [0, 0.05) is 31.6 Å². The highest BCUT2D eigenvalue weighted by Gasteiger charge is 2.26. The lowest BCUT2D eigenvalue weighted by atomic mass is 9.97. The number of methoxy groups -OCH3 is 1. The van der Waals surface area contributed by atoms with Crippen molar-refractivity contribution < 1.29 is 9.53 Å². The second-order valence-electron chi connectivity index (χ2n) is 5.53. The van der Waals surface area contributed by atoms with E-state index in [4.69, 9.17) is 4.74 Å². The summed E-state index contributed by atoms with van der Waals surface area (Å²) in [7, 11) is 3.25. The number of hydrogen-bond acceptors (Lipinski definition) is 4. The average Bonchev–Trinajstić information content (AvgIpc) is 2.62. The van der Waals surface area contributed by atoms with E-state index in [1.165, 1.54) is 17.6 Å². The monoisotopic (exact) mass is 463 g/mol. The van der Waals surface area contributed by atoms with Crippen molar-refractivity contribution in [3.8, 4) is 0 Å². The Morgan fingerprint density at radius 2 is 1.96 bits per heavy atom. The molecule has 0 spiro atoms. The highest BCUT2D eigenvalue weighted by molar-refractivity contribution is 14.0. The molecule has 2 rings (SSSR count). The molecule has 24 heavy (non-hydrogen) atoms. The van der Waals surface area contributed by atoms with Crippen LogP contribution in [-0.4, -0.2) is 50.3 Å². The van der Waals surface area contributed by atoms with Crippen LogP contribution in [0.3, 0.4) is 0 Å². The molecule has 0 aliphatic carbocycles. The predicted molar refractivity (Wildman–Crippen MR) is 110 cm³/mol. The number of rotatable bonds is 4. The number of halogens is 1. The van der Waals surface area contributed by atoms with Crippen LogP contribution in [0.4, 0.5) is 0 Å². The first-order valence-electron chi connectivity index (χ1n) is 7.84. The number of thioether (sulfide) groups is 1. The van der Waals surface area contributed by atoms with E-state index in [9.17, 15) is 4.79 Å². The average molecular weight is 463 g/mol. The summed E-state index contributed by atoms with van der Waals surface area (Å²) in [6, 6.07) is 8.53. The molecule has 0 radical (unpaired) electrons. The maximum Gasteiger partial charge on any atom is 0.308 e. The normalized spacial score (nSPS) is 15.6. The molecular formula is C17H26IN3O2S. The molecule has 0 amide bonds. The lowest BCUT2D eigenvalue weighted by Crippen LogP contribution is -2.46. The van der Waals surface area contributed by atoms with E-state index in [0.717, 1.165) is 38.4 Å². The molecule has 1 aliphatic rings. The third-order valence-corrected chi connectivity index (χ3v) is 4.89. The molecule has 1 aromatic carbocycles. The minimum atomic E-state index is -0.0959. The third kappa shape index (κ3) is 5.84. The Morgan fingerprint density at radius 1 is 1.33 bits per heavy atom. The molecule has 1 heterocycles. The van der Waals surface area contributed by atoms with Gasteiger partial charge in [-0.15, -0.1) is 35.7 Å². The number of guanidine groups is 1. The Morgan fingerprint density at radius 3 is 2.46 bits per heavy atom. The molecule has 1 fully saturated rings. The fourth-order valence-corrected chi connectivity index (χ4v) is 3.16. The molecule has 134 valence electrons. The third-order valence-electron chi connectivity index (χ3n) is 4.15. The fraction of sp³-hybridized carbons (Fsp3) is 0.529. The van der Waals surface area contributed by atoms with E-state index in [0.29, 0.717) is 0 Å². The number of benzene rings is 1. The number of esters is 1. The van der Waals surface area contributed by atoms with Crippen LogP contribution in [0.5, 0.6) is 0 Å². The van der Waals surface area contributed by atoms with Crippen LogP contribution in [0.15, 0.2) is 34.2 Å². The topological polar surface area (TPSA) is 53.9 Å². The van der Waals surface area contributed by atoms with Crippen molar-refractivity contribution in [2.24, 2.45) is 10.9 Å². The summed E-state index contributed by atoms with van der Waals surface area (Å²) in [5, 5.41) is 3.40. The van der Waals surface area contributed by atoms with Gasteiger partial charge in [0.2, 0.25) is 0 Å². The number of nitrogens with one attached hydrogen (secondary N) is 1. The Labute approximate surface area is 165 Å². The van der Waals surface area contributed by atoms with E-state index in [2.05, 4.69) is 45.7 Å². The summed E-state index contributed by atoms with van der Waals surface area (Å²) in [6.45, 7) is 2.40. The number of carbonyl (C=O) groups excluding carboxylic acids is 1. The summed E-state index contributed by atoms with van der Waals surface area (Å²) >= 11 is 1.74. The van der Waals surface area contributed by atoms with Gasteiger partial charge in [0.05, 0.1) is 13.0 Å². The Bertz CT molecular complexity index is 543. The Balaban J connectivity index is 0.00000288. The van der Waals surface area contributed by atoms with Crippen LogP contribution in [0.25, 0.3) is 0 Å². The molecule has 1 saturated heterocycles. The zero-order chi connectivity index (χ0) is 16.7. The first-order chi connectivity index (χ1) is 11.2. The summed E-state index contributed by atoms with van der Waals surface area (Å²) in [4.78, 5) is 19.4. The van der Waals surface area contributed by atoms with E-state index >= 15 is 0 Å². The smallest absolute Gasteiger partial charge is 0.308 e. The zero-order valence-electron chi connectivity index (χ0n) is 14.4. The molecule has 5 nitrogen and oxygen atoms in total. The SMILES string of the molecule is CN=C(NCc1ccc(SC)cc1)N1CCC(C(=O)OC)CC1.I. The molecule has 0 bridgehead atoms. The van der Waals surface area contributed by atoms with Gasteiger partial charge in [-0.3, -0.25) is 9.79 Å². The van der Waals surface area contributed by atoms with Crippen molar-refractivity contribution in [1.29, 1.82) is 0 Å². The molecule has 1 N–H and O–H groups in total. The van der Waals surface area contributed by atoms with Crippen molar-refractivity contribution >= 4 is 47.7 Å².